The SMILES string of the molecule is O=C(CN1CCCCC1CO)C1CCCCC1. The number of ketones is 1. The van der Waals surface area contributed by atoms with Crippen molar-refractivity contribution in [2.75, 3.05) is 19.7 Å². The molecule has 2 rings (SSSR count). The summed E-state index contributed by atoms with van der Waals surface area (Å²) in [4.78, 5) is 14.4. The molecular weight excluding hydrogens is 214 g/mol. The summed E-state index contributed by atoms with van der Waals surface area (Å²) in [7, 11) is 0. The van der Waals surface area contributed by atoms with Crippen molar-refractivity contribution < 1.29 is 9.90 Å². The van der Waals surface area contributed by atoms with E-state index in [0.29, 0.717) is 18.2 Å². The third-order valence-corrected chi connectivity index (χ3v) is 4.38. The van der Waals surface area contributed by atoms with Gasteiger partial charge in [-0.05, 0) is 32.2 Å². The summed E-state index contributed by atoms with van der Waals surface area (Å²) in [6.45, 7) is 1.78. The summed E-state index contributed by atoms with van der Waals surface area (Å²) in [5.41, 5.74) is 0. The number of rotatable bonds is 4. The van der Waals surface area contributed by atoms with E-state index in [4.69, 9.17) is 0 Å². The fourth-order valence-electron chi connectivity index (χ4n) is 3.23. The molecule has 2 aliphatic rings. The number of nitrogens with zero attached hydrogens (tertiary/aromatic N) is 1. The van der Waals surface area contributed by atoms with Crippen LogP contribution in [-0.2, 0) is 4.79 Å². The topological polar surface area (TPSA) is 40.5 Å². The normalized spacial score (nSPS) is 28.2. The van der Waals surface area contributed by atoms with Gasteiger partial charge in [-0.25, -0.2) is 0 Å². The van der Waals surface area contributed by atoms with Gasteiger partial charge in [0.2, 0.25) is 0 Å². The molecule has 1 unspecified atom stereocenters. The molecule has 1 aliphatic carbocycles. The van der Waals surface area contributed by atoms with E-state index in [9.17, 15) is 9.90 Å². The fourth-order valence-corrected chi connectivity index (χ4v) is 3.23. The zero-order valence-electron chi connectivity index (χ0n) is 10.7. The van der Waals surface area contributed by atoms with Gasteiger partial charge in [0.25, 0.3) is 0 Å². The van der Waals surface area contributed by atoms with Crippen LogP contribution in [0, 0.1) is 5.92 Å². The molecule has 0 spiro atoms. The minimum Gasteiger partial charge on any atom is -0.395 e. The Balaban J connectivity index is 1.83. The lowest BCUT2D eigenvalue weighted by atomic mass is 9.85. The largest absolute Gasteiger partial charge is 0.395 e. The molecule has 0 radical (unpaired) electrons. The molecule has 1 aliphatic heterocycles. The van der Waals surface area contributed by atoms with Crippen molar-refractivity contribution in [2.24, 2.45) is 5.92 Å². The van der Waals surface area contributed by atoms with E-state index in [1.54, 1.807) is 0 Å². The fraction of sp³-hybridized carbons (Fsp3) is 0.929. The zero-order valence-corrected chi connectivity index (χ0v) is 10.7. The van der Waals surface area contributed by atoms with Crippen molar-refractivity contribution in [1.82, 2.24) is 4.90 Å². The molecule has 1 saturated heterocycles. The van der Waals surface area contributed by atoms with E-state index in [1.165, 1.54) is 32.1 Å². The first-order valence-corrected chi connectivity index (χ1v) is 7.19. The molecule has 1 heterocycles. The predicted octanol–water partition coefficient (Wildman–Crippen LogP) is 1.98. The van der Waals surface area contributed by atoms with Gasteiger partial charge in [0.15, 0.2) is 0 Å². The van der Waals surface area contributed by atoms with Crippen molar-refractivity contribution in [3.8, 4) is 0 Å². The summed E-state index contributed by atoms with van der Waals surface area (Å²) in [5, 5.41) is 9.33. The van der Waals surface area contributed by atoms with Crippen molar-refractivity contribution in [3.63, 3.8) is 0 Å². The van der Waals surface area contributed by atoms with Gasteiger partial charge < -0.3 is 5.11 Å². The maximum atomic E-state index is 12.2. The Morgan fingerprint density at radius 1 is 1.06 bits per heavy atom. The van der Waals surface area contributed by atoms with Crippen molar-refractivity contribution in [2.45, 2.75) is 57.4 Å². The minimum atomic E-state index is 0.206. The first-order valence-electron chi connectivity index (χ1n) is 7.19. The highest BCUT2D eigenvalue weighted by atomic mass is 16.3. The molecule has 0 amide bonds. The molecule has 1 N–H and O–H groups in total. The third-order valence-electron chi connectivity index (χ3n) is 4.38. The first-order chi connectivity index (χ1) is 8.31. The molecule has 3 heteroatoms. The maximum absolute atomic E-state index is 12.2. The van der Waals surface area contributed by atoms with Crippen LogP contribution in [0.5, 0.6) is 0 Å². The number of hydrogen-bond acceptors (Lipinski definition) is 3. The lowest BCUT2D eigenvalue weighted by Crippen LogP contribution is -2.45. The van der Waals surface area contributed by atoms with Crippen LogP contribution >= 0.6 is 0 Å². The molecule has 3 nitrogen and oxygen atoms in total. The Hall–Kier alpha value is -0.410. The Morgan fingerprint density at radius 3 is 2.47 bits per heavy atom. The van der Waals surface area contributed by atoms with Crippen LogP contribution in [-0.4, -0.2) is 41.5 Å². The molecule has 2 fully saturated rings. The Kier molecular flexibility index (Phi) is 4.99. The van der Waals surface area contributed by atoms with Crippen molar-refractivity contribution >= 4 is 5.78 Å². The minimum absolute atomic E-state index is 0.206. The Morgan fingerprint density at radius 2 is 1.76 bits per heavy atom. The molecular formula is C14H25NO2. The quantitative estimate of drug-likeness (QED) is 0.815. The molecule has 0 aromatic heterocycles. The van der Waals surface area contributed by atoms with Crippen LogP contribution in [0.25, 0.3) is 0 Å². The van der Waals surface area contributed by atoms with Gasteiger partial charge in [0.1, 0.15) is 5.78 Å². The third kappa shape index (κ3) is 3.52. The highest BCUT2D eigenvalue weighted by Gasteiger charge is 2.27. The van der Waals surface area contributed by atoms with Crippen LogP contribution < -0.4 is 0 Å². The number of aliphatic hydroxyl groups is 1. The van der Waals surface area contributed by atoms with Crippen LogP contribution in [0.4, 0.5) is 0 Å². The van der Waals surface area contributed by atoms with Crippen LogP contribution in [0.2, 0.25) is 0 Å². The molecule has 98 valence electrons. The van der Waals surface area contributed by atoms with Gasteiger partial charge in [-0.15, -0.1) is 0 Å². The van der Waals surface area contributed by atoms with E-state index >= 15 is 0 Å². The van der Waals surface area contributed by atoms with E-state index in [1.807, 2.05) is 0 Å². The highest BCUT2D eigenvalue weighted by molar-refractivity contribution is 5.83. The second-order valence-electron chi connectivity index (χ2n) is 5.60. The van der Waals surface area contributed by atoms with E-state index in [0.717, 1.165) is 25.8 Å². The molecule has 1 saturated carbocycles. The number of hydrogen-bond donors (Lipinski definition) is 1. The highest BCUT2D eigenvalue weighted by Crippen LogP contribution is 2.25. The van der Waals surface area contributed by atoms with Gasteiger partial charge >= 0.3 is 0 Å². The summed E-state index contributed by atoms with van der Waals surface area (Å²) < 4.78 is 0. The molecule has 1 atom stereocenters. The van der Waals surface area contributed by atoms with E-state index < -0.39 is 0 Å². The number of carbonyl (C=O) groups excluding carboxylic acids is 1. The number of carbonyl (C=O) groups is 1. The number of Topliss-reactive ketones (excluding diaryl/α,β-unsaturated/α-hetero) is 1. The maximum Gasteiger partial charge on any atom is 0.149 e. The second kappa shape index (κ2) is 6.50. The summed E-state index contributed by atoms with van der Waals surface area (Å²) >= 11 is 0. The average molecular weight is 239 g/mol. The van der Waals surface area contributed by atoms with Crippen LogP contribution in [0.3, 0.4) is 0 Å². The molecule has 0 aromatic carbocycles. The van der Waals surface area contributed by atoms with Gasteiger partial charge in [-0.1, -0.05) is 25.7 Å². The number of likely N-dealkylation sites (tertiary alicyclic amines) is 1. The smallest absolute Gasteiger partial charge is 0.149 e. The van der Waals surface area contributed by atoms with Crippen molar-refractivity contribution in [3.05, 3.63) is 0 Å². The van der Waals surface area contributed by atoms with Gasteiger partial charge in [-0.3, -0.25) is 9.69 Å². The summed E-state index contributed by atoms with van der Waals surface area (Å²) in [6.07, 6.45) is 9.35. The first kappa shape index (κ1) is 13.0. The molecule has 17 heavy (non-hydrogen) atoms. The lowest BCUT2D eigenvalue weighted by Gasteiger charge is -2.35. The monoisotopic (exact) mass is 239 g/mol. The molecule has 0 aromatic rings. The Labute approximate surface area is 104 Å². The lowest BCUT2D eigenvalue weighted by molar-refractivity contribution is -0.126. The Bertz CT molecular complexity index is 249. The van der Waals surface area contributed by atoms with Crippen LogP contribution in [0.15, 0.2) is 0 Å². The average Bonchev–Trinajstić information content (AvgIpc) is 2.40. The summed E-state index contributed by atoms with van der Waals surface area (Å²) in [6, 6.07) is 0.233. The standard InChI is InChI=1S/C14H25NO2/c16-11-13-8-4-5-9-15(13)10-14(17)12-6-2-1-3-7-12/h12-13,16H,1-11H2. The van der Waals surface area contributed by atoms with E-state index in [-0.39, 0.29) is 12.6 Å². The molecule has 0 bridgehead atoms. The zero-order chi connectivity index (χ0) is 12.1. The van der Waals surface area contributed by atoms with Crippen LogP contribution in [0.1, 0.15) is 51.4 Å². The summed E-state index contributed by atoms with van der Waals surface area (Å²) in [5.74, 6) is 0.732. The number of aliphatic hydroxyl groups excluding tert-OH is 1. The number of piperidine rings is 1. The second-order valence-corrected chi connectivity index (χ2v) is 5.60. The van der Waals surface area contributed by atoms with Gasteiger partial charge in [0.05, 0.1) is 13.2 Å². The van der Waals surface area contributed by atoms with Gasteiger partial charge in [0, 0.05) is 12.0 Å². The van der Waals surface area contributed by atoms with Crippen molar-refractivity contribution in [1.29, 1.82) is 0 Å². The van der Waals surface area contributed by atoms with Gasteiger partial charge in [-0.2, -0.15) is 0 Å². The predicted molar refractivity (Wildman–Crippen MR) is 67.9 cm³/mol. The van der Waals surface area contributed by atoms with E-state index in [2.05, 4.69) is 4.90 Å².